The van der Waals surface area contributed by atoms with E-state index in [4.69, 9.17) is 23.2 Å². The van der Waals surface area contributed by atoms with Crippen LogP contribution in [0.1, 0.15) is 51.2 Å². The number of carbonyl (C=O) groups excluding carboxylic acids is 3. The van der Waals surface area contributed by atoms with Gasteiger partial charge in [0, 0.05) is 27.8 Å². The number of barbiturate groups is 1. The molecule has 33 heavy (non-hydrogen) atoms. The normalized spacial score (nSPS) is 21.3. The molecular weight excluding hydrogens is 461 g/mol. The lowest BCUT2D eigenvalue weighted by atomic mass is 9.79. The van der Waals surface area contributed by atoms with Crippen LogP contribution in [0.2, 0.25) is 10.0 Å². The number of urea groups is 1. The van der Waals surface area contributed by atoms with Gasteiger partial charge in [0.05, 0.1) is 5.69 Å². The monoisotopic (exact) mass is 485 g/mol. The second kappa shape index (κ2) is 8.50. The lowest BCUT2D eigenvalue weighted by Crippen LogP contribution is -2.54. The molecule has 6 nitrogen and oxygen atoms in total. The van der Waals surface area contributed by atoms with E-state index in [-0.39, 0.29) is 17.0 Å². The van der Waals surface area contributed by atoms with Crippen molar-refractivity contribution >= 4 is 58.5 Å². The molecule has 1 fully saturated rings. The standard InChI is InChI=1S/C25H25Cl2N3O3/c1-5-29-21-12-20(27)15(10-18(21)14(2)13-25(29,3)4)11-19-22(31)28-24(33)30(23(19)32)17-8-6-16(26)7-9-17/h6-12,14H,5,13H2,1-4H3,(H,28,31,33)/b19-11-. The predicted octanol–water partition coefficient (Wildman–Crippen LogP) is 5.77. The maximum Gasteiger partial charge on any atom is 0.335 e. The van der Waals surface area contributed by atoms with E-state index in [1.807, 2.05) is 12.1 Å². The summed E-state index contributed by atoms with van der Waals surface area (Å²) in [5.41, 5.74) is 2.87. The number of nitrogens with zero attached hydrogens (tertiary/aromatic N) is 2. The van der Waals surface area contributed by atoms with Crippen molar-refractivity contribution in [1.29, 1.82) is 0 Å². The van der Waals surface area contributed by atoms with E-state index in [1.165, 1.54) is 6.08 Å². The van der Waals surface area contributed by atoms with Gasteiger partial charge in [-0.2, -0.15) is 0 Å². The first kappa shape index (κ1) is 23.3. The molecule has 172 valence electrons. The average Bonchev–Trinajstić information content (AvgIpc) is 2.72. The first-order chi connectivity index (χ1) is 15.5. The number of hydrogen-bond donors (Lipinski definition) is 1. The molecule has 1 saturated heterocycles. The van der Waals surface area contributed by atoms with Crippen molar-refractivity contribution in [1.82, 2.24) is 5.32 Å². The van der Waals surface area contributed by atoms with Gasteiger partial charge in [-0.25, -0.2) is 9.69 Å². The van der Waals surface area contributed by atoms with Crippen LogP contribution >= 0.6 is 23.2 Å². The van der Waals surface area contributed by atoms with Crippen LogP contribution in [0.4, 0.5) is 16.2 Å². The van der Waals surface area contributed by atoms with Crippen LogP contribution < -0.4 is 15.1 Å². The van der Waals surface area contributed by atoms with E-state index in [9.17, 15) is 14.4 Å². The number of hydrogen-bond acceptors (Lipinski definition) is 4. The Balaban J connectivity index is 1.77. The quantitative estimate of drug-likeness (QED) is 0.442. The van der Waals surface area contributed by atoms with Crippen molar-refractivity contribution in [2.24, 2.45) is 0 Å². The zero-order valence-corrected chi connectivity index (χ0v) is 20.4. The van der Waals surface area contributed by atoms with Gasteiger partial charge in [0.1, 0.15) is 5.57 Å². The second-order valence-corrected chi connectivity index (χ2v) is 9.87. The zero-order chi connectivity index (χ0) is 24.1. The highest BCUT2D eigenvalue weighted by molar-refractivity contribution is 6.40. The summed E-state index contributed by atoms with van der Waals surface area (Å²) in [4.78, 5) is 41.4. The summed E-state index contributed by atoms with van der Waals surface area (Å²) in [6.07, 6.45) is 2.42. The van der Waals surface area contributed by atoms with E-state index in [1.54, 1.807) is 24.3 Å². The van der Waals surface area contributed by atoms with Gasteiger partial charge in [-0.05, 0) is 86.7 Å². The third-order valence-electron chi connectivity index (χ3n) is 6.31. The number of nitrogens with one attached hydrogen (secondary N) is 1. The van der Waals surface area contributed by atoms with E-state index >= 15 is 0 Å². The van der Waals surface area contributed by atoms with E-state index in [2.05, 4.69) is 37.9 Å². The number of halogens is 2. The highest BCUT2D eigenvalue weighted by atomic mass is 35.5. The Morgan fingerprint density at radius 3 is 2.42 bits per heavy atom. The molecule has 0 aromatic heterocycles. The largest absolute Gasteiger partial charge is 0.366 e. The van der Waals surface area contributed by atoms with Gasteiger partial charge in [0.25, 0.3) is 11.8 Å². The van der Waals surface area contributed by atoms with Gasteiger partial charge in [-0.3, -0.25) is 14.9 Å². The number of benzene rings is 2. The Hall–Kier alpha value is -2.83. The average molecular weight is 486 g/mol. The van der Waals surface area contributed by atoms with Crippen molar-refractivity contribution in [3.05, 3.63) is 63.1 Å². The van der Waals surface area contributed by atoms with Gasteiger partial charge in [-0.1, -0.05) is 30.1 Å². The van der Waals surface area contributed by atoms with E-state index in [0.717, 1.165) is 29.1 Å². The van der Waals surface area contributed by atoms with Crippen LogP contribution in [0.5, 0.6) is 0 Å². The molecule has 1 unspecified atom stereocenters. The third kappa shape index (κ3) is 4.13. The molecule has 0 spiro atoms. The van der Waals surface area contributed by atoms with Gasteiger partial charge < -0.3 is 4.90 Å². The number of anilines is 2. The molecule has 0 aliphatic carbocycles. The first-order valence-corrected chi connectivity index (χ1v) is 11.6. The van der Waals surface area contributed by atoms with Gasteiger partial charge >= 0.3 is 6.03 Å². The van der Waals surface area contributed by atoms with Gasteiger partial charge in [-0.15, -0.1) is 0 Å². The van der Waals surface area contributed by atoms with Gasteiger partial charge in [0.2, 0.25) is 0 Å². The molecule has 2 aliphatic rings. The van der Waals surface area contributed by atoms with Crippen molar-refractivity contribution in [2.45, 2.75) is 45.6 Å². The molecule has 2 aliphatic heterocycles. The molecule has 4 amide bonds. The Morgan fingerprint density at radius 1 is 1.12 bits per heavy atom. The molecule has 2 aromatic rings. The number of carbonyl (C=O) groups is 3. The minimum absolute atomic E-state index is 0.0108. The number of rotatable bonds is 3. The van der Waals surface area contributed by atoms with Crippen LogP contribution in [0, 0.1) is 0 Å². The summed E-state index contributed by atoms with van der Waals surface area (Å²) < 4.78 is 0. The SMILES string of the molecule is CCN1c2cc(Cl)c(/C=C3/C(=O)NC(=O)N(c4ccc(Cl)cc4)C3=O)cc2C(C)CC1(C)C. The number of fused-ring (bicyclic) bond motifs is 1. The van der Waals surface area contributed by atoms with Crippen LogP contribution in [0.3, 0.4) is 0 Å². The number of imide groups is 2. The van der Waals surface area contributed by atoms with Crippen LogP contribution in [-0.2, 0) is 9.59 Å². The Morgan fingerprint density at radius 2 is 1.79 bits per heavy atom. The Kier molecular flexibility index (Phi) is 6.01. The molecule has 0 bridgehead atoms. The Bertz CT molecular complexity index is 1190. The van der Waals surface area contributed by atoms with E-state index < -0.39 is 17.8 Å². The number of amides is 4. The van der Waals surface area contributed by atoms with Crippen molar-refractivity contribution in [3.63, 3.8) is 0 Å². The fourth-order valence-corrected chi connectivity index (χ4v) is 5.21. The van der Waals surface area contributed by atoms with Gasteiger partial charge in [0.15, 0.2) is 0 Å². The fraction of sp³-hybridized carbons (Fsp3) is 0.320. The van der Waals surface area contributed by atoms with Crippen molar-refractivity contribution in [3.8, 4) is 0 Å². The summed E-state index contributed by atoms with van der Waals surface area (Å²) in [6.45, 7) is 9.54. The lowest BCUT2D eigenvalue weighted by molar-refractivity contribution is -0.122. The minimum Gasteiger partial charge on any atom is -0.366 e. The highest BCUT2D eigenvalue weighted by Crippen LogP contribution is 2.45. The second-order valence-electron chi connectivity index (χ2n) is 9.03. The first-order valence-electron chi connectivity index (χ1n) is 10.8. The van der Waals surface area contributed by atoms with E-state index in [0.29, 0.717) is 21.3 Å². The summed E-state index contributed by atoms with van der Waals surface area (Å²) in [5.74, 6) is -1.20. The van der Waals surface area contributed by atoms with Crippen LogP contribution in [0.25, 0.3) is 6.08 Å². The smallest absolute Gasteiger partial charge is 0.335 e. The maximum atomic E-state index is 13.2. The molecule has 2 aromatic carbocycles. The summed E-state index contributed by atoms with van der Waals surface area (Å²) in [5, 5.41) is 3.13. The fourth-order valence-electron chi connectivity index (χ4n) is 4.87. The minimum atomic E-state index is -0.810. The predicted molar refractivity (Wildman–Crippen MR) is 132 cm³/mol. The van der Waals surface area contributed by atoms with Crippen LogP contribution in [0.15, 0.2) is 42.0 Å². The Labute approximate surface area is 203 Å². The van der Waals surface area contributed by atoms with Crippen molar-refractivity contribution < 1.29 is 14.4 Å². The van der Waals surface area contributed by atoms with Crippen molar-refractivity contribution in [2.75, 3.05) is 16.3 Å². The molecule has 0 saturated carbocycles. The molecule has 1 atom stereocenters. The molecule has 4 rings (SSSR count). The molecule has 0 radical (unpaired) electrons. The van der Waals surface area contributed by atoms with Crippen LogP contribution in [-0.4, -0.2) is 29.9 Å². The third-order valence-corrected chi connectivity index (χ3v) is 6.89. The molecular formula is C25H25Cl2N3O3. The highest BCUT2D eigenvalue weighted by Gasteiger charge is 2.38. The zero-order valence-electron chi connectivity index (χ0n) is 18.9. The summed E-state index contributed by atoms with van der Waals surface area (Å²) in [7, 11) is 0. The summed E-state index contributed by atoms with van der Waals surface area (Å²) in [6, 6.07) is 9.26. The maximum absolute atomic E-state index is 13.2. The topological polar surface area (TPSA) is 69.7 Å². The molecule has 1 N–H and O–H groups in total. The molecule has 2 heterocycles. The lowest BCUT2D eigenvalue weighted by Gasteiger charge is -2.47. The summed E-state index contributed by atoms with van der Waals surface area (Å²) >= 11 is 12.5. The molecule has 8 heteroatoms.